The number of carbonyl (C=O) groups is 2. The minimum absolute atomic E-state index is 0.00110. The fourth-order valence-electron chi connectivity index (χ4n) is 10.7. The monoisotopic (exact) mass is 1060 g/mol. The molecule has 0 aliphatic rings. The van der Waals surface area contributed by atoms with E-state index in [0.717, 1.165) is 44.9 Å². The molecule has 0 spiro atoms. The van der Waals surface area contributed by atoms with Crippen LogP contribution >= 0.6 is 0 Å². The molecule has 75 heavy (non-hydrogen) atoms. The third-order valence-corrected chi connectivity index (χ3v) is 16.0. The molecule has 1 amide bonds. The highest BCUT2D eigenvalue weighted by Gasteiger charge is 2.20. The smallest absolute Gasteiger partial charge is 0.305 e. The molecule has 0 saturated heterocycles. The van der Waals surface area contributed by atoms with E-state index in [1.165, 1.54) is 302 Å². The Morgan fingerprint density at radius 1 is 0.360 bits per heavy atom. The summed E-state index contributed by atoms with van der Waals surface area (Å²) >= 11 is 0. The molecule has 6 nitrogen and oxygen atoms in total. The second kappa shape index (κ2) is 64.9. The summed E-state index contributed by atoms with van der Waals surface area (Å²) in [4.78, 5) is 24.5. The number of unbranched alkanes of at least 4 members (excludes halogenated alkanes) is 49. The predicted octanol–water partition coefficient (Wildman–Crippen LogP) is 21.8. The van der Waals surface area contributed by atoms with Gasteiger partial charge in [0.05, 0.1) is 25.4 Å². The molecular weight excluding hydrogens is 923 g/mol. The van der Waals surface area contributed by atoms with Crippen LogP contribution in [0.1, 0.15) is 380 Å². The third-order valence-electron chi connectivity index (χ3n) is 16.0. The van der Waals surface area contributed by atoms with Gasteiger partial charge in [-0.2, -0.15) is 0 Å². The van der Waals surface area contributed by atoms with E-state index in [0.29, 0.717) is 25.9 Å². The van der Waals surface area contributed by atoms with Crippen LogP contribution in [0.2, 0.25) is 0 Å². The summed E-state index contributed by atoms with van der Waals surface area (Å²) in [5, 5.41) is 23.4. The van der Waals surface area contributed by atoms with Crippen LogP contribution in [-0.4, -0.2) is 47.4 Å². The first-order chi connectivity index (χ1) is 37.0. The molecule has 3 N–H and O–H groups in total. The highest BCUT2D eigenvalue weighted by Crippen LogP contribution is 2.19. The second-order valence-electron chi connectivity index (χ2n) is 23.5. The summed E-state index contributed by atoms with van der Waals surface area (Å²) in [6.45, 7) is 4.94. The van der Waals surface area contributed by atoms with Crippen LogP contribution < -0.4 is 5.32 Å². The molecule has 2 atom stereocenters. The summed E-state index contributed by atoms with van der Waals surface area (Å²) in [6.07, 6.45) is 80.7. The molecule has 0 bridgehead atoms. The minimum Gasteiger partial charge on any atom is -0.466 e. The van der Waals surface area contributed by atoms with Crippen molar-refractivity contribution in [3.63, 3.8) is 0 Å². The van der Waals surface area contributed by atoms with Crippen molar-refractivity contribution in [1.82, 2.24) is 5.32 Å². The van der Waals surface area contributed by atoms with Crippen LogP contribution in [0, 0.1) is 0 Å². The molecule has 0 rings (SSSR count). The Hall–Kier alpha value is -1.66. The van der Waals surface area contributed by atoms with E-state index in [1.807, 2.05) is 0 Å². The van der Waals surface area contributed by atoms with Crippen molar-refractivity contribution < 1.29 is 24.5 Å². The van der Waals surface area contributed by atoms with Crippen molar-refractivity contribution >= 4 is 11.9 Å². The molecule has 444 valence electrons. The number of nitrogens with one attached hydrogen (secondary N) is 1. The van der Waals surface area contributed by atoms with Gasteiger partial charge in [-0.25, -0.2) is 0 Å². The number of rotatable bonds is 64. The van der Waals surface area contributed by atoms with Gasteiger partial charge in [0.2, 0.25) is 5.91 Å². The number of ether oxygens (including phenoxy) is 1. The molecule has 0 aliphatic carbocycles. The van der Waals surface area contributed by atoms with E-state index in [2.05, 4.69) is 43.5 Å². The van der Waals surface area contributed by atoms with Gasteiger partial charge in [0.1, 0.15) is 0 Å². The number of carbonyl (C=O) groups excluding carboxylic acids is 2. The van der Waals surface area contributed by atoms with Gasteiger partial charge in [-0.15, -0.1) is 0 Å². The van der Waals surface area contributed by atoms with Crippen molar-refractivity contribution in [2.24, 2.45) is 0 Å². The first-order valence-electron chi connectivity index (χ1n) is 34.1. The lowest BCUT2D eigenvalue weighted by molar-refractivity contribution is -0.143. The van der Waals surface area contributed by atoms with Gasteiger partial charge in [-0.1, -0.05) is 321 Å². The number of hydrogen-bond donors (Lipinski definition) is 3. The Labute approximate surface area is 469 Å². The highest BCUT2D eigenvalue weighted by atomic mass is 16.5. The molecule has 0 radical (unpaired) electrons. The fourth-order valence-corrected chi connectivity index (χ4v) is 10.7. The standard InChI is InChI=1S/C69H133NO5/c1-3-5-7-9-11-13-15-16-17-18-19-20-21-23-26-29-32-35-38-42-45-49-53-57-61-67(72)66(65-71)70-68(73)62-58-54-50-46-43-39-36-33-30-27-24-22-25-28-31-34-37-40-44-48-52-56-60-64-75-69(74)63-59-55-51-47-41-14-12-10-8-6-4-2/h10,12,27,30,66-67,71-72H,3-9,11,13-26,28-29,31-65H2,1-2H3,(H,70,73)/b12-10-,30-27-. The summed E-state index contributed by atoms with van der Waals surface area (Å²) < 4.78 is 5.46. The number of allylic oxidation sites excluding steroid dienone is 4. The first-order valence-corrected chi connectivity index (χ1v) is 34.1. The quantitative estimate of drug-likeness (QED) is 0.0320. The van der Waals surface area contributed by atoms with Crippen LogP contribution in [0.25, 0.3) is 0 Å². The summed E-state index contributed by atoms with van der Waals surface area (Å²) in [5.74, 6) is -0.0359. The average molecular weight is 1060 g/mol. The van der Waals surface area contributed by atoms with Crippen LogP contribution in [0.4, 0.5) is 0 Å². The van der Waals surface area contributed by atoms with Gasteiger partial charge in [-0.3, -0.25) is 9.59 Å². The molecule has 0 fully saturated rings. The summed E-state index contributed by atoms with van der Waals surface area (Å²) in [5.41, 5.74) is 0. The zero-order valence-electron chi connectivity index (χ0n) is 50.8. The predicted molar refractivity (Wildman–Crippen MR) is 329 cm³/mol. The zero-order valence-corrected chi connectivity index (χ0v) is 50.8. The highest BCUT2D eigenvalue weighted by molar-refractivity contribution is 5.76. The number of amides is 1. The molecule has 6 heteroatoms. The van der Waals surface area contributed by atoms with E-state index >= 15 is 0 Å². The molecule has 0 aliphatic heterocycles. The number of aliphatic hydroxyl groups is 2. The van der Waals surface area contributed by atoms with Crippen molar-refractivity contribution in [2.75, 3.05) is 13.2 Å². The lowest BCUT2D eigenvalue weighted by atomic mass is 10.0. The molecule has 2 unspecified atom stereocenters. The molecule has 0 saturated carbocycles. The van der Waals surface area contributed by atoms with Gasteiger partial charge in [0.15, 0.2) is 0 Å². The maximum Gasteiger partial charge on any atom is 0.305 e. The lowest BCUT2D eigenvalue weighted by Gasteiger charge is -2.22. The van der Waals surface area contributed by atoms with Gasteiger partial charge in [-0.05, 0) is 70.6 Å². The number of hydrogen-bond acceptors (Lipinski definition) is 5. The molecular formula is C69H133NO5. The molecule has 0 aromatic heterocycles. The fraction of sp³-hybridized carbons (Fsp3) is 0.913. The van der Waals surface area contributed by atoms with Crippen LogP contribution in [0.3, 0.4) is 0 Å². The maximum atomic E-state index is 12.5. The third kappa shape index (κ3) is 61.4. The van der Waals surface area contributed by atoms with Gasteiger partial charge in [0, 0.05) is 12.8 Å². The topological polar surface area (TPSA) is 95.9 Å². The van der Waals surface area contributed by atoms with Crippen LogP contribution in [-0.2, 0) is 14.3 Å². The average Bonchev–Trinajstić information content (AvgIpc) is 3.41. The number of esters is 1. The zero-order chi connectivity index (χ0) is 54.3. The summed E-state index contributed by atoms with van der Waals surface area (Å²) in [6, 6.07) is -0.547. The molecule has 0 aromatic carbocycles. The lowest BCUT2D eigenvalue weighted by Crippen LogP contribution is -2.45. The maximum absolute atomic E-state index is 12.5. The molecule has 0 aromatic rings. The normalized spacial score (nSPS) is 12.6. The Kier molecular flexibility index (Phi) is 63.4. The van der Waals surface area contributed by atoms with Gasteiger partial charge >= 0.3 is 5.97 Å². The van der Waals surface area contributed by atoms with E-state index < -0.39 is 12.1 Å². The first kappa shape index (κ1) is 73.3. The van der Waals surface area contributed by atoms with Gasteiger partial charge < -0.3 is 20.3 Å². The SMILES string of the molecule is CCCC/C=C\CCCCCCCC(=O)OCCCCCCCCCCCCCC/C=C\CCCCCCCCCC(=O)NC(CO)C(O)CCCCCCCCCCCCCCCCCCCCCCCCCC. The Morgan fingerprint density at radius 3 is 0.987 bits per heavy atom. The van der Waals surface area contributed by atoms with Crippen molar-refractivity contribution in [1.29, 1.82) is 0 Å². The van der Waals surface area contributed by atoms with Crippen LogP contribution in [0.15, 0.2) is 24.3 Å². The van der Waals surface area contributed by atoms with E-state index in [9.17, 15) is 19.8 Å². The van der Waals surface area contributed by atoms with Crippen LogP contribution in [0.5, 0.6) is 0 Å². The largest absolute Gasteiger partial charge is 0.466 e. The Bertz CT molecular complexity index is 1170. The second-order valence-corrected chi connectivity index (χ2v) is 23.5. The summed E-state index contributed by atoms with van der Waals surface area (Å²) in [7, 11) is 0. The van der Waals surface area contributed by atoms with E-state index in [-0.39, 0.29) is 18.5 Å². The Balaban J connectivity index is 3.42. The number of aliphatic hydroxyl groups excluding tert-OH is 2. The van der Waals surface area contributed by atoms with E-state index in [1.54, 1.807) is 0 Å². The van der Waals surface area contributed by atoms with Crippen molar-refractivity contribution in [3.05, 3.63) is 24.3 Å². The minimum atomic E-state index is -0.670. The molecule has 0 heterocycles. The van der Waals surface area contributed by atoms with Crippen molar-refractivity contribution in [2.45, 2.75) is 392 Å². The van der Waals surface area contributed by atoms with E-state index in [4.69, 9.17) is 4.74 Å². The van der Waals surface area contributed by atoms with Gasteiger partial charge in [0.25, 0.3) is 0 Å². The Morgan fingerprint density at radius 2 is 0.640 bits per heavy atom. The van der Waals surface area contributed by atoms with Crippen molar-refractivity contribution in [3.8, 4) is 0 Å².